The third kappa shape index (κ3) is 5.59. The minimum atomic E-state index is -0.533. The molecule has 2 N–H and O–H groups in total. The molecule has 0 amide bonds. The van der Waals surface area contributed by atoms with Crippen LogP contribution in [0.1, 0.15) is 18.4 Å². The number of aliphatic hydroxyl groups is 1. The van der Waals surface area contributed by atoms with Crippen LogP contribution in [0.2, 0.25) is 0 Å². The van der Waals surface area contributed by atoms with Crippen molar-refractivity contribution in [2.75, 3.05) is 33.5 Å². The number of aliphatic hydroxyl groups excluding tert-OH is 1. The summed E-state index contributed by atoms with van der Waals surface area (Å²) >= 11 is 0. The molecule has 0 radical (unpaired) electrons. The number of hydrogen-bond donors (Lipinski definition) is 2. The molecule has 6 nitrogen and oxygen atoms in total. The Morgan fingerprint density at radius 3 is 3.24 bits per heavy atom. The second-order valence-corrected chi connectivity index (χ2v) is 5.13. The summed E-state index contributed by atoms with van der Waals surface area (Å²) in [6, 6.07) is 3.81. The highest BCUT2D eigenvalue weighted by Gasteiger charge is 2.16. The number of nitrogens with zero attached hydrogens (tertiary/aromatic N) is 1. The van der Waals surface area contributed by atoms with Gasteiger partial charge in [0.1, 0.15) is 0 Å². The molecule has 1 saturated heterocycles. The zero-order valence-corrected chi connectivity index (χ0v) is 12.5. The molecular formula is C15H24N2O4. The van der Waals surface area contributed by atoms with Gasteiger partial charge in [-0.1, -0.05) is 6.07 Å². The van der Waals surface area contributed by atoms with E-state index in [-0.39, 0.29) is 6.10 Å². The molecule has 2 unspecified atom stereocenters. The van der Waals surface area contributed by atoms with Crippen LogP contribution in [-0.4, -0.2) is 55.8 Å². The van der Waals surface area contributed by atoms with E-state index in [2.05, 4.69) is 10.3 Å². The van der Waals surface area contributed by atoms with E-state index in [9.17, 15) is 5.11 Å². The predicted molar refractivity (Wildman–Crippen MR) is 78.3 cm³/mol. The number of pyridine rings is 1. The summed E-state index contributed by atoms with van der Waals surface area (Å²) < 4.78 is 16.1. The van der Waals surface area contributed by atoms with Crippen LogP contribution in [-0.2, 0) is 16.0 Å². The first-order valence-electron chi connectivity index (χ1n) is 7.35. The number of hydrogen-bond acceptors (Lipinski definition) is 6. The summed E-state index contributed by atoms with van der Waals surface area (Å²) in [6.07, 6.45) is 3.51. The largest absolute Gasteiger partial charge is 0.481 e. The van der Waals surface area contributed by atoms with Crippen molar-refractivity contribution < 1.29 is 19.3 Å². The monoisotopic (exact) mass is 296 g/mol. The summed E-state index contributed by atoms with van der Waals surface area (Å²) in [5.41, 5.74) is 0.965. The molecule has 2 heterocycles. The van der Waals surface area contributed by atoms with E-state index in [0.717, 1.165) is 25.0 Å². The smallest absolute Gasteiger partial charge is 0.217 e. The van der Waals surface area contributed by atoms with E-state index in [4.69, 9.17) is 14.2 Å². The molecule has 1 fully saturated rings. The lowest BCUT2D eigenvalue weighted by Gasteiger charge is -2.15. The van der Waals surface area contributed by atoms with E-state index in [1.54, 1.807) is 13.3 Å². The van der Waals surface area contributed by atoms with Gasteiger partial charge in [0.25, 0.3) is 0 Å². The van der Waals surface area contributed by atoms with Gasteiger partial charge in [-0.25, -0.2) is 4.98 Å². The molecule has 0 bridgehead atoms. The topological polar surface area (TPSA) is 72.8 Å². The Kier molecular flexibility index (Phi) is 6.88. The van der Waals surface area contributed by atoms with Crippen molar-refractivity contribution >= 4 is 0 Å². The molecule has 0 saturated carbocycles. The molecule has 1 aromatic heterocycles. The SMILES string of the molecule is COc1ncccc1CNCC(O)COCC1CCCO1. The normalized spacial score (nSPS) is 19.6. The Morgan fingerprint density at radius 1 is 1.57 bits per heavy atom. The van der Waals surface area contributed by atoms with E-state index < -0.39 is 6.10 Å². The van der Waals surface area contributed by atoms with Gasteiger partial charge in [-0.05, 0) is 18.9 Å². The molecule has 1 aromatic rings. The number of rotatable bonds is 9. The lowest BCUT2D eigenvalue weighted by molar-refractivity contribution is -0.0164. The van der Waals surface area contributed by atoms with Gasteiger partial charge >= 0.3 is 0 Å². The fraction of sp³-hybridized carbons (Fsp3) is 0.667. The summed E-state index contributed by atoms with van der Waals surface area (Å²) in [5.74, 6) is 0.606. The van der Waals surface area contributed by atoms with E-state index in [0.29, 0.717) is 32.2 Å². The quantitative estimate of drug-likeness (QED) is 0.700. The molecule has 0 aliphatic carbocycles. The Morgan fingerprint density at radius 2 is 2.48 bits per heavy atom. The molecule has 1 aliphatic rings. The Labute approximate surface area is 125 Å². The minimum absolute atomic E-state index is 0.199. The average molecular weight is 296 g/mol. The second kappa shape index (κ2) is 8.94. The van der Waals surface area contributed by atoms with Gasteiger partial charge in [0, 0.05) is 31.5 Å². The van der Waals surface area contributed by atoms with Crippen LogP contribution in [0, 0.1) is 0 Å². The van der Waals surface area contributed by atoms with Crippen molar-refractivity contribution in [1.29, 1.82) is 0 Å². The first-order chi connectivity index (χ1) is 10.3. The minimum Gasteiger partial charge on any atom is -0.481 e. The van der Waals surface area contributed by atoms with Crippen LogP contribution in [0.3, 0.4) is 0 Å². The Balaban J connectivity index is 1.59. The van der Waals surface area contributed by atoms with Crippen LogP contribution in [0.15, 0.2) is 18.3 Å². The lowest BCUT2D eigenvalue weighted by atomic mass is 10.2. The van der Waals surface area contributed by atoms with Crippen LogP contribution < -0.4 is 10.1 Å². The van der Waals surface area contributed by atoms with Gasteiger partial charge in [-0.3, -0.25) is 0 Å². The first-order valence-corrected chi connectivity index (χ1v) is 7.35. The molecule has 21 heavy (non-hydrogen) atoms. The van der Waals surface area contributed by atoms with Crippen LogP contribution in [0.5, 0.6) is 5.88 Å². The van der Waals surface area contributed by atoms with Crippen molar-refractivity contribution in [2.24, 2.45) is 0 Å². The number of methoxy groups -OCH3 is 1. The zero-order chi connectivity index (χ0) is 14.9. The summed E-state index contributed by atoms with van der Waals surface area (Å²) in [5, 5.41) is 13.0. The predicted octanol–water partition coefficient (Wildman–Crippen LogP) is 0.736. The summed E-state index contributed by atoms with van der Waals surface area (Å²) in [6.45, 7) is 2.76. The molecule has 0 aromatic carbocycles. The third-order valence-corrected chi connectivity index (χ3v) is 3.38. The molecule has 2 atom stereocenters. The summed E-state index contributed by atoms with van der Waals surface area (Å²) in [4.78, 5) is 4.13. The van der Waals surface area contributed by atoms with Crippen LogP contribution in [0.25, 0.3) is 0 Å². The Hall–Kier alpha value is -1.21. The van der Waals surface area contributed by atoms with Gasteiger partial charge in [-0.15, -0.1) is 0 Å². The molecule has 2 rings (SSSR count). The molecule has 0 spiro atoms. The van der Waals surface area contributed by atoms with Gasteiger partial charge in [0.05, 0.1) is 32.5 Å². The maximum Gasteiger partial charge on any atom is 0.217 e. The second-order valence-electron chi connectivity index (χ2n) is 5.13. The first kappa shape index (κ1) is 16.2. The van der Waals surface area contributed by atoms with Gasteiger partial charge in [0.2, 0.25) is 5.88 Å². The van der Waals surface area contributed by atoms with E-state index in [1.807, 2.05) is 12.1 Å². The maximum atomic E-state index is 9.85. The highest BCUT2D eigenvalue weighted by atomic mass is 16.5. The van der Waals surface area contributed by atoms with E-state index in [1.165, 1.54) is 0 Å². The average Bonchev–Trinajstić information content (AvgIpc) is 3.01. The number of nitrogens with one attached hydrogen (secondary N) is 1. The van der Waals surface area contributed by atoms with Gasteiger partial charge in [0.15, 0.2) is 0 Å². The highest BCUT2D eigenvalue weighted by molar-refractivity contribution is 5.24. The highest BCUT2D eigenvalue weighted by Crippen LogP contribution is 2.13. The Bertz CT molecular complexity index is 410. The van der Waals surface area contributed by atoms with Crippen LogP contribution in [0.4, 0.5) is 0 Å². The van der Waals surface area contributed by atoms with E-state index >= 15 is 0 Å². The standard InChI is InChI=1S/C15H24N2O4/c1-19-15-12(4-2-6-17-15)8-16-9-13(18)10-20-11-14-5-3-7-21-14/h2,4,6,13-14,16,18H,3,5,7-11H2,1H3. The number of ether oxygens (including phenoxy) is 3. The van der Waals surface area contributed by atoms with Crippen molar-refractivity contribution in [1.82, 2.24) is 10.3 Å². The molecule has 118 valence electrons. The zero-order valence-electron chi connectivity index (χ0n) is 12.5. The van der Waals surface area contributed by atoms with Gasteiger partial charge in [-0.2, -0.15) is 0 Å². The van der Waals surface area contributed by atoms with Crippen molar-refractivity contribution in [3.05, 3.63) is 23.9 Å². The molecule has 1 aliphatic heterocycles. The van der Waals surface area contributed by atoms with Crippen molar-refractivity contribution in [3.63, 3.8) is 0 Å². The van der Waals surface area contributed by atoms with Gasteiger partial charge < -0.3 is 24.6 Å². The molecule has 6 heteroatoms. The van der Waals surface area contributed by atoms with Crippen molar-refractivity contribution in [3.8, 4) is 5.88 Å². The lowest BCUT2D eigenvalue weighted by Crippen LogP contribution is -2.31. The number of aromatic nitrogens is 1. The third-order valence-electron chi connectivity index (χ3n) is 3.38. The summed E-state index contributed by atoms with van der Waals surface area (Å²) in [7, 11) is 1.60. The van der Waals surface area contributed by atoms with Crippen molar-refractivity contribution in [2.45, 2.75) is 31.6 Å². The fourth-order valence-electron chi connectivity index (χ4n) is 2.29. The fourth-order valence-corrected chi connectivity index (χ4v) is 2.29. The van der Waals surface area contributed by atoms with Crippen LogP contribution >= 0.6 is 0 Å². The maximum absolute atomic E-state index is 9.85. The molecular weight excluding hydrogens is 272 g/mol.